The van der Waals surface area contributed by atoms with Crippen LogP contribution in [-0.2, 0) is 6.54 Å². The number of halogens is 1. The molecule has 0 radical (unpaired) electrons. The van der Waals surface area contributed by atoms with E-state index in [0.717, 1.165) is 5.02 Å². The van der Waals surface area contributed by atoms with Crippen LogP contribution in [0.5, 0.6) is 0 Å². The second kappa shape index (κ2) is 4.69. The van der Waals surface area contributed by atoms with Gasteiger partial charge in [0, 0.05) is 11.6 Å². The fraction of sp³-hybridized carbons (Fsp3) is 0.143. The van der Waals surface area contributed by atoms with Gasteiger partial charge in [-0.25, -0.2) is 0 Å². The van der Waals surface area contributed by atoms with E-state index >= 15 is 0 Å². The minimum atomic E-state index is 0.577. The van der Waals surface area contributed by atoms with Crippen LogP contribution in [0, 0.1) is 6.92 Å². The monoisotopic (exact) mass is 231 g/mol. The van der Waals surface area contributed by atoms with Crippen molar-refractivity contribution in [3.8, 4) is 11.1 Å². The highest BCUT2D eigenvalue weighted by Gasteiger charge is 2.04. The van der Waals surface area contributed by atoms with Crippen LogP contribution in [0.2, 0.25) is 5.02 Å². The molecule has 0 heterocycles. The van der Waals surface area contributed by atoms with E-state index in [1.165, 1.54) is 22.3 Å². The molecule has 0 aliphatic heterocycles. The molecule has 2 heteroatoms. The molecule has 2 aromatic rings. The Bertz CT molecular complexity index is 489. The maximum absolute atomic E-state index is 5.88. The van der Waals surface area contributed by atoms with Gasteiger partial charge < -0.3 is 5.73 Å². The van der Waals surface area contributed by atoms with Crippen LogP contribution < -0.4 is 5.73 Å². The van der Waals surface area contributed by atoms with Crippen LogP contribution in [0.3, 0.4) is 0 Å². The van der Waals surface area contributed by atoms with Crippen LogP contribution in [0.25, 0.3) is 11.1 Å². The van der Waals surface area contributed by atoms with Crippen molar-refractivity contribution in [2.24, 2.45) is 5.73 Å². The maximum Gasteiger partial charge on any atom is 0.0406 e. The van der Waals surface area contributed by atoms with E-state index in [-0.39, 0.29) is 0 Å². The van der Waals surface area contributed by atoms with Gasteiger partial charge in [-0.2, -0.15) is 0 Å². The topological polar surface area (TPSA) is 26.0 Å². The average molecular weight is 232 g/mol. The van der Waals surface area contributed by atoms with Crippen LogP contribution in [-0.4, -0.2) is 0 Å². The molecule has 82 valence electrons. The van der Waals surface area contributed by atoms with Gasteiger partial charge >= 0.3 is 0 Å². The summed E-state index contributed by atoms with van der Waals surface area (Å²) >= 11 is 5.88. The molecule has 0 saturated heterocycles. The predicted molar refractivity (Wildman–Crippen MR) is 69.5 cm³/mol. The fourth-order valence-electron chi connectivity index (χ4n) is 1.85. The van der Waals surface area contributed by atoms with Crippen LogP contribution in [0.15, 0.2) is 42.5 Å². The van der Waals surface area contributed by atoms with Crippen molar-refractivity contribution in [1.82, 2.24) is 0 Å². The smallest absolute Gasteiger partial charge is 0.0406 e. The van der Waals surface area contributed by atoms with Crippen molar-refractivity contribution in [1.29, 1.82) is 0 Å². The molecule has 2 aromatic carbocycles. The maximum atomic E-state index is 5.88. The molecular weight excluding hydrogens is 218 g/mol. The molecule has 0 spiro atoms. The molecule has 16 heavy (non-hydrogen) atoms. The first-order chi connectivity index (χ1) is 7.72. The normalized spacial score (nSPS) is 10.4. The van der Waals surface area contributed by atoms with E-state index in [4.69, 9.17) is 17.3 Å². The van der Waals surface area contributed by atoms with Crippen LogP contribution >= 0.6 is 11.6 Å². The summed E-state index contributed by atoms with van der Waals surface area (Å²) in [6.07, 6.45) is 0. The van der Waals surface area contributed by atoms with Gasteiger partial charge in [0.05, 0.1) is 0 Å². The van der Waals surface area contributed by atoms with Gasteiger partial charge in [0.2, 0.25) is 0 Å². The molecule has 0 atom stereocenters. The Hall–Kier alpha value is -1.31. The molecule has 0 aliphatic rings. The van der Waals surface area contributed by atoms with E-state index in [9.17, 15) is 0 Å². The van der Waals surface area contributed by atoms with Crippen molar-refractivity contribution in [2.75, 3.05) is 0 Å². The van der Waals surface area contributed by atoms with Crippen molar-refractivity contribution >= 4 is 11.6 Å². The van der Waals surface area contributed by atoms with Crippen molar-refractivity contribution in [3.05, 3.63) is 58.6 Å². The quantitative estimate of drug-likeness (QED) is 0.837. The van der Waals surface area contributed by atoms with Gasteiger partial charge in [0.25, 0.3) is 0 Å². The average Bonchev–Trinajstić information content (AvgIpc) is 2.31. The predicted octanol–water partition coefficient (Wildman–Crippen LogP) is 3.77. The summed E-state index contributed by atoms with van der Waals surface area (Å²) in [7, 11) is 0. The molecule has 0 aliphatic carbocycles. The van der Waals surface area contributed by atoms with Gasteiger partial charge in [-0.15, -0.1) is 0 Å². The Kier molecular flexibility index (Phi) is 3.28. The Morgan fingerprint density at radius 1 is 1.06 bits per heavy atom. The summed E-state index contributed by atoms with van der Waals surface area (Å²) in [4.78, 5) is 0. The largest absolute Gasteiger partial charge is 0.326 e. The molecule has 2 rings (SSSR count). The van der Waals surface area contributed by atoms with Crippen LogP contribution in [0.4, 0.5) is 0 Å². The second-order valence-electron chi connectivity index (χ2n) is 3.80. The lowest BCUT2D eigenvalue weighted by atomic mass is 9.96. The molecule has 0 fully saturated rings. The highest BCUT2D eigenvalue weighted by Crippen LogP contribution is 2.26. The molecule has 0 saturated carbocycles. The zero-order chi connectivity index (χ0) is 11.5. The van der Waals surface area contributed by atoms with Gasteiger partial charge in [-0.3, -0.25) is 0 Å². The summed E-state index contributed by atoms with van der Waals surface area (Å²) in [6, 6.07) is 14.1. The minimum absolute atomic E-state index is 0.577. The summed E-state index contributed by atoms with van der Waals surface area (Å²) in [6.45, 7) is 2.68. The van der Waals surface area contributed by atoms with Gasteiger partial charge in [-0.1, -0.05) is 41.9 Å². The van der Waals surface area contributed by atoms with E-state index in [0.29, 0.717) is 6.54 Å². The Morgan fingerprint density at radius 3 is 2.38 bits per heavy atom. The first-order valence-electron chi connectivity index (χ1n) is 5.27. The fourth-order valence-corrected chi connectivity index (χ4v) is 1.97. The van der Waals surface area contributed by atoms with E-state index in [1.807, 2.05) is 30.3 Å². The summed E-state index contributed by atoms with van der Waals surface area (Å²) < 4.78 is 0. The Balaban J connectivity index is 2.51. The van der Waals surface area contributed by atoms with Gasteiger partial charge in [0.15, 0.2) is 0 Å². The number of hydrogen-bond acceptors (Lipinski definition) is 1. The third-order valence-corrected chi connectivity index (χ3v) is 3.07. The summed E-state index contributed by atoms with van der Waals surface area (Å²) in [5.41, 5.74) is 10.5. The van der Waals surface area contributed by atoms with Crippen molar-refractivity contribution < 1.29 is 0 Å². The zero-order valence-electron chi connectivity index (χ0n) is 9.20. The molecular formula is C14H14ClN. The Morgan fingerprint density at radius 2 is 1.75 bits per heavy atom. The highest BCUT2D eigenvalue weighted by molar-refractivity contribution is 6.30. The number of nitrogens with two attached hydrogens (primary N) is 1. The molecule has 0 bridgehead atoms. The third kappa shape index (κ3) is 2.11. The molecule has 2 N–H and O–H groups in total. The van der Waals surface area contributed by atoms with Gasteiger partial charge in [-0.05, 0) is 41.3 Å². The summed E-state index contributed by atoms with van der Waals surface area (Å²) in [5, 5.41) is 0.761. The summed E-state index contributed by atoms with van der Waals surface area (Å²) in [5.74, 6) is 0. The first kappa shape index (κ1) is 11.2. The molecule has 0 amide bonds. The van der Waals surface area contributed by atoms with E-state index < -0.39 is 0 Å². The standard InChI is InChI=1S/C14H14ClN/c1-10-12(9-16)3-2-4-14(10)11-5-7-13(15)8-6-11/h2-8H,9,16H2,1H3. The van der Waals surface area contributed by atoms with Gasteiger partial charge in [0.1, 0.15) is 0 Å². The number of benzene rings is 2. The first-order valence-corrected chi connectivity index (χ1v) is 5.64. The van der Waals surface area contributed by atoms with Crippen molar-refractivity contribution in [2.45, 2.75) is 13.5 Å². The second-order valence-corrected chi connectivity index (χ2v) is 4.24. The SMILES string of the molecule is Cc1c(CN)cccc1-c1ccc(Cl)cc1. The van der Waals surface area contributed by atoms with Crippen molar-refractivity contribution in [3.63, 3.8) is 0 Å². The lowest BCUT2D eigenvalue weighted by Gasteiger charge is -2.10. The Labute approximate surface area is 101 Å². The number of rotatable bonds is 2. The molecule has 0 unspecified atom stereocenters. The van der Waals surface area contributed by atoms with Crippen LogP contribution in [0.1, 0.15) is 11.1 Å². The lowest BCUT2D eigenvalue weighted by Crippen LogP contribution is -1.99. The lowest BCUT2D eigenvalue weighted by molar-refractivity contribution is 1.05. The molecule has 1 nitrogen and oxygen atoms in total. The highest BCUT2D eigenvalue weighted by atomic mass is 35.5. The molecule has 0 aromatic heterocycles. The minimum Gasteiger partial charge on any atom is -0.326 e. The van der Waals surface area contributed by atoms with E-state index in [1.54, 1.807) is 0 Å². The zero-order valence-corrected chi connectivity index (χ0v) is 9.96. The number of hydrogen-bond donors (Lipinski definition) is 1. The third-order valence-electron chi connectivity index (χ3n) is 2.82. The van der Waals surface area contributed by atoms with E-state index in [2.05, 4.69) is 19.1 Å².